The molecule has 0 aromatic heterocycles. The highest BCUT2D eigenvalue weighted by atomic mass is 32.2. The molecule has 2 aromatic carbocycles. The summed E-state index contributed by atoms with van der Waals surface area (Å²) in [6.45, 7) is -0.0635. The number of hydrogen-bond donors (Lipinski definition) is 1. The van der Waals surface area contributed by atoms with Gasteiger partial charge in [0.25, 0.3) is 0 Å². The van der Waals surface area contributed by atoms with Gasteiger partial charge in [0.15, 0.2) is 9.84 Å². The fourth-order valence-corrected chi connectivity index (χ4v) is 3.66. The Hall–Kier alpha value is -1.92. The molecule has 0 saturated heterocycles. The second-order valence-corrected chi connectivity index (χ2v) is 6.63. The minimum atomic E-state index is -3.67. The molecule has 0 aliphatic carbocycles. The van der Waals surface area contributed by atoms with E-state index in [4.69, 9.17) is 10.5 Å². The minimum Gasteiger partial charge on any atom is -0.497 e. The molecule has 0 saturated carbocycles. The Kier molecular flexibility index (Phi) is 4.59. The predicted molar refractivity (Wildman–Crippen MR) is 78.4 cm³/mol. The molecular weight excluding hydrogens is 293 g/mol. The van der Waals surface area contributed by atoms with Gasteiger partial charge in [-0.2, -0.15) is 0 Å². The van der Waals surface area contributed by atoms with Crippen molar-refractivity contribution >= 4 is 9.84 Å². The summed E-state index contributed by atoms with van der Waals surface area (Å²) in [6.07, 6.45) is 0. The predicted octanol–water partition coefficient (Wildman–Crippen LogP) is 2.31. The second-order valence-electron chi connectivity index (χ2n) is 4.50. The van der Waals surface area contributed by atoms with Crippen molar-refractivity contribution in [1.29, 1.82) is 0 Å². The van der Waals surface area contributed by atoms with Crippen molar-refractivity contribution in [1.82, 2.24) is 0 Å². The average Bonchev–Trinajstić information content (AvgIpc) is 2.49. The largest absolute Gasteiger partial charge is 0.497 e. The fourth-order valence-electron chi connectivity index (χ4n) is 2.05. The molecular formula is C15H16FNO3S. The van der Waals surface area contributed by atoms with Crippen molar-refractivity contribution in [2.75, 3.05) is 13.7 Å². The van der Waals surface area contributed by atoms with E-state index in [1.807, 2.05) is 0 Å². The van der Waals surface area contributed by atoms with Crippen molar-refractivity contribution in [3.05, 3.63) is 59.9 Å². The first-order valence-electron chi connectivity index (χ1n) is 6.32. The second kappa shape index (κ2) is 6.24. The molecule has 0 aliphatic rings. The van der Waals surface area contributed by atoms with Gasteiger partial charge in [0.1, 0.15) is 16.8 Å². The Morgan fingerprint density at radius 3 is 2.14 bits per heavy atom. The lowest BCUT2D eigenvalue weighted by atomic mass is 10.1. The molecule has 0 bridgehead atoms. The molecule has 4 nitrogen and oxygen atoms in total. The lowest BCUT2D eigenvalue weighted by Crippen LogP contribution is -2.22. The number of benzene rings is 2. The molecule has 21 heavy (non-hydrogen) atoms. The summed E-state index contributed by atoms with van der Waals surface area (Å²) in [7, 11) is -2.14. The molecule has 6 heteroatoms. The number of nitrogens with two attached hydrogens (primary N) is 1. The topological polar surface area (TPSA) is 69.4 Å². The maximum Gasteiger partial charge on any atom is 0.186 e. The highest BCUT2D eigenvalue weighted by molar-refractivity contribution is 7.91. The first-order valence-corrected chi connectivity index (χ1v) is 7.87. The van der Waals surface area contributed by atoms with Gasteiger partial charge in [-0.3, -0.25) is 0 Å². The van der Waals surface area contributed by atoms with Gasteiger partial charge < -0.3 is 10.5 Å². The molecule has 2 rings (SSSR count). The van der Waals surface area contributed by atoms with Crippen LogP contribution in [0.2, 0.25) is 0 Å². The quantitative estimate of drug-likeness (QED) is 0.861. The number of rotatable bonds is 5. The third-order valence-electron chi connectivity index (χ3n) is 3.22. The van der Waals surface area contributed by atoms with Gasteiger partial charge in [-0.15, -0.1) is 0 Å². The minimum absolute atomic E-state index is 0.0511. The lowest BCUT2D eigenvalue weighted by Gasteiger charge is -2.16. The number of sulfone groups is 1. The molecule has 2 N–H and O–H groups in total. The average molecular weight is 309 g/mol. The zero-order chi connectivity index (χ0) is 15.5. The van der Waals surface area contributed by atoms with Crippen LogP contribution in [-0.4, -0.2) is 22.1 Å². The van der Waals surface area contributed by atoms with E-state index in [0.29, 0.717) is 11.3 Å². The maximum atomic E-state index is 12.9. The smallest absolute Gasteiger partial charge is 0.186 e. The Balaban J connectivity index is 2.41. The third kappa shape index (κ3) is 3.22. The summed E-state index contributed by atoms with van der Waals surface area (Å²) >= 11 is 0. The molecule has 2 aromatic rings. The zero-order valence-corrected chi connectivity index (χ0v) is 12.3. The van der Waals surface area contributed by atoms with Crippen LogP contribution in [0.15, 0.2) is 53.4 Å². The zero-order valence-electron chi connectivity index (χ0n) is 11.5. The molecule has 1 atom stereocenters. The van der Waals surface area contributed by atoms with Crippen LogP contribution in [0.25, 0.3) is 0 Å². The highest BCUT2D eigenvalue weighted by Crippen LogP contribution is 2.29. The van der Waals surface area contributed by atoms with E-state index in [-0.39, 0.29) is 11.4 Å². The van der Waals surface area contributed by atoms with E-state index in [0.717, 1.165) is 12.1 Å². The van der Waals surface area contributed by atoms with E-state index in [1.54, 1.807) is 24.3 Å². The van der Waals surface area contributed by atoms with Crippen LogP contribution in [0.4, 0.5) is 4.39 Å². The summed E-state index contributed by atoms with van der Waals surface area (Å²) in [6, 6.07) is 11.4. The Morgan fingerprint density at radius 2 is 1.67 bits per heavy atom. The normalized spacial score (nSPS) is 12.9. The van der Waals surface area contributed by atoms with E-state index in [1.165, 1.54) is 19.2 Å². The van der Waals surface area contributed by atoms with E-state index in [2.05, 4.69) is 0 Å². The van der Waals surface area contributed by atoms with Crippen LogP contribution in [-0.2, 0) is 9.84 Å². The third-order valence-corrected chi connectivity index (χ3v) is 5.36. The van der Waals surface area contributed by atoms with Gasteiger partial charge in [0.05, 0.1) is 12.0 Å². The summed E-state index contributed by atoms with van der Waals surface area (Å²) in [5.74, 6) is 0.149. The first-order chi connectivity index (χ1) is 9.98. The van der Waals surface area contributed by atoms with Crippen LogP contribution < -0.4 is 10.5 Å². The standard InChI is InChI=1S/C15H16FNO3S/c1-20-13-6-2-11(3-7-13)15(10-17)21(18,19)14-8-4-12(16)5-9-14/h2-9,15H,10,17H2,1H3/t15-/m0/s1. The van der Waals surface area contributed by atoms with Gasteiger partial charge in [-0.25, -0.2) is 12.8 Å². The SMILES string of the molecule is COc1ccc([C@H](CN)S(=O)(=O)c2ccc(F)cc2)cc1. The summed E-state index contributed by atoms with van der Waals surface area (Å²) < 4.78 is 43.2. The van der Waals surface area contributed by atoms with Crippen LogP contribution in [0, 0.1) is 5.82 Å². The van der Waals surface area contributed by atoms with Crippen LogP contribution >= 0.6 is 0 Å². The molecule has 0 radical (unpaired) electrons. The maximum absolute atomic E-state index is 12.9. The number of halogens is 1. The highest BCUT2D eigenvalue weighted by Gasteiger charge is 2.27. The summed E-state index contributed by atoms with van der Waals surface area (Å²) in [4.78, 5) is 0.0511. The van der Waals surface area contributed by atoms with E-state index >= 15 is 0 Å². The number of ether oxygens (including phenoxy) is 1. The Labute approximate surface area is 123 Å². The monoisotopic (exact) mass is 309 g/mol. The lowest BCUT2D eigenvalue weighted by molar-refractivity contribution is 0.414. The van der Waals surface area contributed by atoms with E-state index < -0.39 is 20.9 Å². The van der Waals surface area contributed by atoms with Crippen molar-refractivity contribution in [3.63, 3.8) is 0 Å². The van der Waals surface area contributed by atoms with Crippen LogP contribution in [0.3, 0.4) is 0 Å². The van der Waals surface area contributed by atoms with Crippen LogP contribution in [0.5, 0.6) is 5.75 Å². The first kappa shape index (κ1) is 15.5. The molecule has 0 amide bonds. The van der Waals surface area contributed by atoms with Crippen molar-refractivity contribution < 1.29 is 17.5 Å². The summed E-state index contributed by atoms with van der Waals surface area (Å²) in [5.41, 5.74) is 6.22. The van der Waals surface area contributed by atoms with Gasteiger partial charge in [0, 0.05) is 6.54 Å². The van der Waals surface area contributed by atoms with Crippen molar-refractivity contribution in [3.8, 4) is 5.75 Å². The Bertz CT molecular complexity index is 697. The number of methoxy groups -OCH3 is 1. The van der Waals surface area contributed by atoms with E-state index in [9.17, 15) is 12.8 Å². The number of hydrogen-bond acceptors (Lipinski definition) is 4. The molecule has 0 aliphatic heterocycles. The van der Waals surface area contributed by atoms with Crippen molar-refractivity contribution in [2.45, 2.75) is 10.1 Å². The molecule has 0 heterocycles. The van der Waals surface area contributed by atoms with Gasteiger partial charge in [-0.1, -0.05) is 12.1 Å². The van der Waals surface area contributed by atoms with Gasteiger partial charge in [-0.05, 0) is 42.0 Å². The molecule has 0 unspecified atom stereocenters. The molecule has 0 fully saturated rings. The Morgan fingerprint density at radius 1 is 1.10 bits per heavy atom. The molecule has 0 spiro atoms. The fraction of sp³-hybridized carbons (Fsp3) is 0.200. The van der Waals surface area contributed by atoms with Gasteiger partial charge in [0.2, 0.25) is 0 Å². The van der Waals surface area contributed by atoms with Crippen molar-refractivity contribution in [2.24, 2.45) is 5.73 Å². The molecule has 112 valence electrons. The van der Waals surface area contributed by atoms with Gasteiger partial charge >= 0.3 is 0 Å². The summed E-state index contributed by atoms with van der Waals surface area (Å²) in [5, 5.41) is -0.881. The van der Waals surface area contributed by atoms with Crippen LogP contribution in [0.1, 0.15) is 10.8 Å².